The Labute approximate surface area is 188 Å². The number of guanidine groups is 1. The van der Waals surface area contributed by atoms with E-state index in [9.17, 15) is 13.2 Å². The van der Waals surface area contributed by atoms with E-state index in [1.807, 2.05) is 12.1 Å². The van der Waals surface area contributed by atoms with Gasteiger partial charge in [0, 0.05) is 44.8 Å². The monoisotopic (exact) mass is 447 g/mol. The fourth-order valence-electron chi connectivity index (χ4n) is 4.04. The maximum Gasteiger partial charge on any atom is 0.191 e. The van der Waals surface area contributed by atoms with Gasteiger partial charge >= 0.3 is 0 Å². The molecule has 0 aromatic heterocycles. The maximum absolute atomic E-state index is 14.3. The standard InChI is InChI=1S/C24H32F3N5/c1-28-24(29-15-22(31(2)3)23-20(26)5-4-6-21(23)27)30-19-11-13-32(14-12-19)16-17-7-9-18(25)10-8-17/h4-10,19,22H,11-16H2,1-3H3,(H2,28,29,30). The fraction of sp³-hybridized carbons (Fsp3) is 0.458. The van der Waals surface area contributed by atoms with Crippen molar-refractivity contribution in [2.45, 2.75) is 31.5 Å². The third kappa shape index (κ3) is 6.46. The van der Waals surface area contributed by atoms with Gasteiger partial charge in [-0.3, -0.25) is 9.89 Å². The summed E-state index contributed by atoms with van der Waals surface area (Å²) in [6.07, 6.45) is 1.89. The zero-order valence-corrected chi connectivity index (χ0v) is 18.9. The van der Waals surface area contributed by atoms with Crippen LogP contribution in [-0.2, 0) is 6.54 Å². The van der Waals surface area contributed by atoms with Crippen molar-refractivity contribution in [3.63, 3.8) is 0 Å². The Morgan fingerprint density at radius 2 is 1.69 bits per heavy atom. The summed E-state index contributed by atoms with van der Waals surface area (Å²) in [5.41, 5.74) is 1.15. The molecule has 2 aromatic rings. The summed E-state index contributed by atoms with van der Waals surface area (Å²) in [4.78, 5) is 8.43. The molecule has 174 valence electrons. The van der Waals surface area contributed by atoms with Crippen LogP contribution in [0.1, 0.15) is 30.0 Å². The molecule has 2 aromatic carbocycles. The zero-order chi connectivity index (χ0) is 23.1. The number of nitrogens with zero attached hydrogens (tertiary/aromatic N) is 3. The largest absolute Gasteiger partial charge is 0.354 e. The Balaban J connectivity index is 1.51. The van der Waals surface area contributed by atoms with Crippen molar-refractivity contribution in [2.75, 3.05) is 40.8 Å². The van der Waals surface area contributed by atoms with Gasteiger partial charge < -0.3 is 15.5 Å². The van der Waals surface area contributed by atoms with E-state index in [1.165, 1.54) is 30.3 Å². The van der Waals surface area contributed by atoms with Gasteiger partial charge in [0.1, 0.15) is 17.5 Å². The summed E-state index contributed by atoms with van der Waals surface area (Å²) in [5.74, 6) is -0.709. The number of hydrogen-bond donors (Lipinski definition) is 2. The summed E-state index contributed by atoms with van der Waals surface area (Å²) in [6, 6.07) is 10.3. The molecule has 1 aliphatic rings. The van der Waals surface area contributed by atoms with E-state index in [0.29, 0.717) is 12.5 Å². The second kappa shape index (κ2) is 11.3. The molecular formula is C24H32F3N5. The van der Waals surface area contributed by atoms with Gasteiger partial charge in [-0.25, -0.2) is 13.2 Å². The van der Waals surface area contributed by atoms with E-state index < -0.39 is 17.7 Å². The number of piperidine rings is 1. The summed E-state index contributed by atoms with van der Waals surface area (Å²) < 4.78 is 41.7. The third-order valence-corrected chi connectivity index (χ3v) is 5.89. The summed E-state index contributed by atoms with van der Waals surface area (Å²) in [5, 5.41) is 6.65. The van der Waals surface area contributed by atoms with Gasteiger partial charge in [0.15, 0.2) is 5.96 Å². The highest BCUT2D eigenvalue weighted by Crippen LogP contribution is 2.24. The first-order valence-corrected chi connectivity index (χ1v) is 10.9. The average molecular weight is 448 g/mol. The molecule has 1 saturated heterocycles. The van der Waals surface area contributed by atoms with Crippen molar-refractivity contribution in [1.82, 2.24) is 20.4 Å². The van der Waals surface area contributed by atoms with Gasteiger partial charge in [-0.05, 0) is 56.8 Å². The van der Waals surface area contributed by atoms with Crippen LogP contribution >= 0.6 is 0 Å². The van der Waals surface area contributed by atoms with E-state index in [0.717, 1.165) is 38.0 Å². The molecule has 1 heterocycles. The van der Waals surface area contributed by atoms with Gasteiger partial charge in [0.25, 0.3) is 0 Å². The van der Waals surface area contributed by atoms with Crippen LogP contribution in [0.4, 0.5) is 13.2 Å². The van der Waals surface area contributed by atoms with Crippen molar-refractivity contribution in [3.05, 3.63) is 71.0 Å². The molecule has 0 radical (unpaired) electrons. The minimum absolute atomic E-state index is 0.0505. The lowest BCUT2D eigenvalue weighted by Gasteiger charge is -2.33. The van der Waals surface area contributed by atoms with Crippen molar-refractivity contribution >= 4 is 5.96 Å². The van der Waals surface area contributed by atoms with Gasteiger partial charge in [-0.2, -0.15) is 0 Å². The minimum Gasteiger partial charge on any atom is -0.354 e. The number of hydrogen-bond acceptors (Lipinski definition) is 3. The minimum atomic E-state index is -0.554. The normalized spacial score (nSPS) is 16.9. The smallest absolute Gasteiger partial charge is 0.191 e. The van der Waals surface area contributed by atoms with Crippen LogP contribution in [0.15, 0.2) is 47.5 Å². The van der Waals surface area contributed by atoms with Gasteiger partial charge in [0.05, 0.1) is 6.04 Å². The number of likely N-dealkylation sites (tertiary alicyclic amines) is 1. The lowest BCUT2D eigenvalue weighted by molar-refractivity contribution is 0.198. The Morgan fingerprint density at radius 1 is 1.06 bits per heavy atom. The third-order valence-electron chi connectivity index (χ3n) is 5.89. The van der Waals surface area contributed by atoms with Gasteiger partial charge in [0.2, 0.25) is 0 Å². The van der Waals surface area contributed by atoms with Crippen molar-refractivity contribution in [2.24, 2.45) is 4.99 Å². The van der Waals surface area contributed by atoms with Crippen LogP contribution in [0.25, 0.3) is 0 Å². The van der Waals surface area contributed by atoms with E-state index in [4.69, 9.17) is 0 Å². The molecule has 1 fully saturated rings. The molecule has 1 atom stereocenters. The number of aliphatic imine (C=N–C) groups is 1. The molecule has 0 bridgehead atoms. The van der Waals surface area contributed by atoms with Crippen molar-refractivity contribution < 1.29 is 13.2 Å². The van der Waals surface area contributed by atoms with E-state index in [-0.39, 0.29) is 17.4 Å². The zero-order valence-electron chi connectivity index (χ0n) is 18.9. The fourth-order valence-corrected chi connectivity index (χ4v) is 4.04. The predicted octanol–water partition coefficient (Wildman–Crippen LogP) is 3.54. The highest BCUT2D eigenvalue weighted by Gasteiger charge is 2.24. The lowest BCUT2D eigenvalue weighted by atomic mass is 10.0. The highest BCUT2D eigenvalue weighted by atomic mass is 19.1. The van der Waals surface area contributed by atoms with Crippen LogP contribution in [0.5, 0.6) is 0 Å². The summed E-state index contributed by atoms with van der Waals surface area (Å²) in [6.45, 7) is 2.96. The molecule has 1 aliphatic heterocycles. The predicted molar refractivity (Wildman–Crippen MR) is 122 cm³/mol. The highest BCUT2D eigenvalue weighted by molar-refractivity contribution is 5.80. The van der Waals surface area contributed by atoms with Crippen molar-refractivity contribution in [1.29, 1.82) is 0 Å². The topological polar surface area (TPSA) is 42.9 Å². The molecule has 8 heteroatoms. The van der Waals surface area contributed by atoms with Crippen LogP contribution in [-0.4, -0.2) is 62.6 Å². The first kappa shape index (κ1) is 24.1. The van der Waals surface area contributed by atoms with Crippen molar-refractivity contribution in [3.8, 4) is 0 Å². The first-order chi connectivity index (χ1) is 15.4. The van der Waals surface area contributed by atoms with Crippen LogP contribution in [0, 0.1) is 17.5 Å². The van der Waals surface area contributed by atoms with Gasteiger partial charge in [-0.1, -0.05) is 18.2 Å². The van der Waals surface area contributed by atoms with Crippen LogP contribution in [0.3, 0.4) is 0 Å². The van der Waals surface area contributed by atoms with Crippen LogP contribution < -0.4 is 10.6 Å². The average Bonchev–Trinajstić information content (AvgIpc) is 2.77. The van der Waals surface area contributed by atoms with E-state index in [2.05, 4.69) is 20.5 Å². The van der Waals surface area contributed by atoms with Gasteiger partial charge in [-0.15, -0.1) is 0 Å². The Bertz CT molecular complexity index is 873. The molecule has 0 saturated carbocycles. The Morgan fingerprint density at radius 3 is 2.25 bits per heavy atom. The molecule has 5 nitrogen and oxygen atoms in total. The van der Waals surface area contributed by atoms with Crippen LogP contribution in [0.2, 0.25) is 0 Å². The number of halogens is 3. The summed E-state index contributed by atoms with van der Waals surface area (Å²) in [7, 11) is 5.28. The second-order valence-corrected chi connectivity index (χ2v) is 8.39. The summed E-state index contributed by atoms with van der Waals surface area (Å²) >= 11 is 0. The van der Waals surface area contributed by atoms with E-state index >= 15 is 0 Å². The molecule has 0 amide bonds. The molecule has 32 heavy (non-hydrogen) atoms. The van der Waals surface area contributed by atoms with E-state index in [1.54, 1.807) is 26.0 Å². The first-order valence-electron chi connectivity index (χ1n) is 10.9. The lowest BCUT2D eigenvalue weighted by Crippen LogP contribution is -2.49. The maximum atomic E-state index is 14.3. The quantitative estimate of drug-likeness (QED) is 0.503. The Kier molecular flexibility index (Phi) is 8.53. The molecule has 0 spiro atoms. The number of nitrogens with one attached hydrogen (secondary N) is 2. The molecule has 1 unspecified atom stereocenters. The molecular weight excluding hydrogens is 415 g/mol. The Hall–Kier alpha value is -2.58. The second-order valence-electron chi connectivity index (χ2n) is 8.39. The molecule has 0 aliphatic carbocycles. The number of rotatable bonds is 7. The number of likely N-dealkylation sites (N-methyl/N-ethyl adjacent to an activating group) is 1. The molecule has 2 N–H and O–H groups in total. The molecule has 3 rings (SSSR count). The SMILES string of the molecule is CN=C(NCC(c1c(F)cccc1F)N(C)C)NC1CCN(Cc2ccc(F)cc2)CC1. The number of benzene rings is 2.